The first-order valence-electron chi connectivity index (χ1n) is 9.25. The number of hydrogen-bond donors (Lipinski definition) is 3. The van der Waals surface area contributed by atoms with Crippen molar-refractivity contribution in [2.24, 2.45) is 5.41 Å². The number of H-pyrrole nitrogens is 1. The zero-order chi connectivity index (χ0) is 20.3. The molecule has 150 valence electrons. The molecule has 0 bridgehead atoms. The number of aliphatic hydroxyl groups is 2. The summed E-state index contributed by atoms with van der Waals surface area (Å²) in [6, 6.07) is 9.53. The Hall–Kier alpha value is -2.71. The summed E-state index contributed by atoms with van der Waals surface area (Å²) in [4.78, 5) is 40.0. The maximum Gasteiger partial charge on any atom is 0.328 e. The molecule has 3 rings (SSSR count). The number of nitrogens with zero attached hydrogens (tertiary/aromatic N) is 2. The fourth-order valence-electron chi connectivity index (χ4n) is 3.73. The number of rotatable bonds is 5. The molecule has 0 saturated carbocycles. The second-order valence-electron chi connectivity index (χ2n) is 7.50. The SMILES string of the molecule is Cc1cn(CC(=O)N2CC[C@@H](O)[C@@](CO)(Cc3ccccc3)C2)c(=O)[nH]c1=O. The molecule has 1 aliphatic heterocycles. The maximum atomic E-state index is 12.8. The van der Waals surface area contributed by atoms with E-state index < -0.39 is 22.8 Å². The van der Waals surface area contributed by atoms with E-state index in [1.165, 1.54) is 10.8 Å². The molecule has 8 nitrogen and oxygen atoms in total. The first kappa shape index (κ1) is 20.0. The van der Waals surface area contributed by atoms with Gasteiger partial charge in [-0.2, -0.15) is 0 Å². The van der Waals surface area contributed by atoms with E-state index in [1.807, 2.05) is 30.3 Å². The lowest BCUT2D eigenvalue weighted by molar-refractivity contribution is -0.142. The molecule has 1 amide bonds. The molecule has 0 radical (unpaired) electrons. The van der Waals surface area contributed by atoms with E-state index in [1.54, 1.807) is 11.8 Å². The van der Waals surface area contributed by atoms with E-state index in [4.69, 9.17) is 0 Å². The second-order valence-corrected chi connectivity index (χ2v) is 7.50. The van der Waals surface area contributed by atoms with Crippen molar-refractivity contribution in [1.29, 1.82) is 0 Å². The fourth-order valence-corrected chi connectivity index (χ4v) is 3.73. The van der Waals surface area contributed by atoms with Crippen LogP contribution in [0.5, 0.6) is 0 Å². The van der Waals surface area contributed by atoms with Crippen LogP contribution in [-0.4, -0.2) is 56.4 Å². The number of hydrogen-bond acceptors (Lipinski definition) is 5. The third-order valence-electron chi connectivity index (χ3n) is 5.45. The van der Waals surface area contributed by atoms with Crippen molar-refractivity contribution in [2.45, 2.75) is 32.4 Å². The Bertz CT molecular complexity index is 952. The van der Waals surface area contributed by atoms with Crippen LogP contribution in [0.2, 0.25) is 0 Å². The maximum absolute atomic E-state index is 12.8. The summed E-state index contributed by atoms with van der Waals surface area (Å²) in [5.74, 6) is -0.300. The molecule has 28 heavy (non-hydrogen) atoms. The second kappa shape index (κ2) is 8.12. The third-order valence-corrected chi connectivity index (χ3v) is 5.45. The monoisotopic (exact) mass is 387 g/mol. The van der Waals surface area contributed by atoms with Gasteiger partial charge in [0.15, 0.2) is 0 Å². The summed E-state index contributed by atoms with van der Waals surface area (Å²) in [6.45, 7) is 1.63. The van der Waals surface area contributed by atoms with E-state index in [9.17, 15) is 24.6 Å². The number of piperidine rings is 1. The van der Waals surface area contributed by atoms with Gasteiger partial charge in [-0.15, -0.1) is 0 Å². The van der Waals surface area contributed by atoms with Gasteiger partial charge in [-0.25, -0.2) is 4.79 Å². The van der Waals surface area contributed by atoms with Gasteiger partial charge >= 0.3 is 5.69 Å². The van der Waals surface area contributed by atoms with Crippen LogP contribution in [0.25, 0.3) is 0 Å². The Labute approximate surface area is 162 Å². The smallest absolute Gasteiger partial charge is 0.328 e. The molecule has 2 aromatic rings. The van der Waals surface area contributed by atoms with Crippen molar-refractivity contribution < 1.29 is 15.0 Å². The van der Waals surface area contributed by atoms with Crippen molar-refractivity contribution in [2.75, 3.05) is 19.7 Å². The number of benzene rings is 1. The largest absolute Gasteiger partial charge is 0.396 e. The normalized spacial score (nSPS) is 22.2. The Morgan fingerprint density at radius 1 is 1.29 bits per heavy atom. The number of amides is 1. The van der Waals surface area contributed by atoms with Crippen LogP contribution in [-0.2, 0) is 17.8 Å². The van der Waals surface area contributed by atoms with Gasteiger partial charge in [0, 0.05) is 30.3 Å². The minimum atomic E-state index is -0.860. The molecule has 1 aliphatic rings. The van der Waals surface area contributed by atoms with E-state index in [2.05, 4.69) is 4.98 Å². The van der Waals surface area contributed by atoms with Crippen LogP contribution in [0, 0.1) is 12.3 Å². The molecule has 3 N–H and O–H groups in total. The first-order valence-corrected chi connectivity index (χ1v) is 9.25. The van der Waals surface area contributed by atoms with Crippen LogP contribution in [0.15, 0.2) is 46.1 Å². The lowest BCUT2D eigenvalue weighted by Gasteiger charge is -2.45. The minimum Gasteiger partial charge on any atom is -0.396 e. The molecule has 1 saturated heterocycles. The van der Waals surface area contributed by atoms with Crippen LogP contribution in [0.1, 0.15) is 17.5 Å². The first-order chi connectivity index (χ1) is 13.3. The number of aromatic nitrogens is 2. The molecule has 1 aromatic heterocycles. The van der Waals surface area contributed by atoms with Crippen molar-refractivity contribution in [3.8, 4) is 0 Å². The minimum absolute atomic E-state index is 0.190. The summed E-state index contributed by atoms with van der Waals surface area (Å²) in [5.41, 5.74) is -0.662. The van der Waals surface area contributed by atoms with Gasteiger partial charge in [0.05, 0.1) is 12.7 Å². The van der Waals surface area contributed by atoms with Crippen molar-refractivity contribution in [3.63, 3.8) is 0 Å². The molecular formula is C20H25N3O5. The molecule has 1 fully saturated rings. The average molecular weight is 387 g/mol. The van der Waals surface area contributed by atoms with Gasteiger partial charge in [-0.1, -0.05) is 30.3 Å². The highest BCUT2D eigenvalue weighted by Crippen LogP contribution is 2.34. The molecule has 1 aromatic carbocycles. The molecule has 0 aliphatic carbocycles. The summed E-state index contributed by atoms with van der Waals surface area (Å²) < 4.78 is 1.17. The summed E-state index contributed by atoms with van der Waals surface area (Å²) in [5, 5.41) is 20.7. The van der Waals surface area contributed by atoms with Crippen LogP contribution in [0.3, 0.4) is 0 Å². The molecule has 2 atom stereocenters. The van der Waals surface area contributed by atoms with Gasteiger partial charge in [-0.05, 0) is 25.3 Å². The lowest BCUT2D eigenvalue weighted by Crippen LogP contribution is -2.57. The van der Waals surface area contributed by atoms with Crippen LogP contribution < -0.4 is 11.2 Å². The number of aliphatic hydroxyl groups excluding tert-OH is 2. The van der Waals surface area contributed by atoms with Gasteiger partial charge in [0.25, 0.3) is 5.56 Å². The molecule has 0 spiro atoms. The van der Waals surface area contributed by atoms with Gasteiger partial charge in [-0.3, -0.25) is 19.1 Å². The van der Waals surface area contributed by atoms with E-state index >= 15 is 0 Å². The third kappa shape index (κ3) is 4.07. The van der Waals surface area contributed by atoms with Gasteiger partial charge < -0.3 is 15.1 Å². The van der Waals surface area contributed by atoms with Crippen molar-refractivity contribution in [1.82, 2.24) is 14.5 Å². The number of likely N-dealkylation sites (tertiary alicyclic amines) is 1. The highest BCUT2D eigenvalue weighted by atomic mass is 16.3. The van der Waals surface area contributed by atoms with Gasteiger partial charge in [0.2, 0.25) is 5.91 Å². The zero-order valence-corrected chi connectivity index (χ0v) is 15.8. The van der Waals surface area contributed by atoms with E-state index in [-0.39, 0.29) is 25.6 Å². The number of carbonyl (C=O) groups is 1. The van der Waals surface area contributed by atoms with Crippen molar-refractivity contribution >= 4 is 5.91 Å². The number of aryl methyl sites for hydroxylation is 1. The number of carbonyl (C=O) groups excluding carboxylic acids is 1. The highest BCUT2D eigenvalue weighted by molar-refractivity contribution is 5.76. The summed E-state index contributed by atoms with van der Waals surface area (Å²) in [7, 11) is 0. The quantitative estimate of drug-likeness (QED) is 0.649. The number of aromatic amines is 1. The standard InChI is InChI=1S/C20H25N3O5/c1-14-10-23(19(28)21-18(14)27)11-17(26)22-8-7-16(25)20(12-22,13-24)9-15-5-3-2-4-6-15/h2-6,10,16,24-25H,7-9,11-13H2,1H3,(H,21,27,28)/t16-,20+/m1/s1. The van der Waals surface area contributed by atoms with Crippen LogP contribution in [0.4, 0.5) is 0 Å². The average Bonchev–Trinajstić information content (AvgIpc) is 2.68. The molecule has 2 heterocycles. The fraction of sp³-hybridized carbons (Fsp3) is 0.450. The zero-order valence-electron chi connectivity index (χ0n) is 15.8. The van der Waals surface area contributed by atoms with Gasteiger partial charge in [0.1, 0.15) is 6.54 Å². The van der Waals surface area contributed by atoms with E-state index in [0.717, 1.165) is 5.56 Å². The highest BCUT2D eigenvalue weighted by Gasteiger charge is 2.43. The van der Waals surface area contributed by atoms with E-state index in [0.29, 0.717) is 24.9 Å². The molecule has 0 unspecified atom stereocenters. The predicted molar refractivity (Wildman–Crippen MR) is 103 cm³/mol. The lowest BCUT2D eigenvalue weighted by atomic mass is 9.73. The van der Waals surface area contributed by atoms with Crippen molar-refractivity contribution in [3.05, 3.63) is 68.5 Å². The Morgan fingerprint density at radius 3 is 2.68 bits per heavy atom. The predicted octanol–water partition coefficient (Wildman–Crippen LogP) is -0.340. The number of nitrogens with one attached hydrogen (secondary N) is 1. The molecular weight excluding hydrogens is 362 g/mol. The summed E-state index contributed by atoms with van der Waals surface area (Å²) in [6.07, 6.45) is 1.41. The summed E-state index contributed by atoms with van der Waals surface area (Å²) >= 11 is 0. The Balaban J connectivity index is 1.79. The molecule has 8 heteroatoms. The Kier molecular flexibility index (Phi) is 5.81. The Morgan fingerprint density at radius 2 is 2.00 bits per heavy atom. The van der Waals surface area contributed by atoms with Crippen LogP contribution >= 0.6 is 0 Å². The topological polar surface area (TPSA) is 116 Å².